The second kappa shape index (κ2) is 12.1. The summed E-state index contributed by atoms with van der Waals surface area (Å²) in [5.74, 6) is 0. The van der Waals surface area contributed by atoms with Gasteiger partial charge in [-0.2, -0.15) is 5.26 Å². The molecule has 1 fully saturated rings. The summed E-state index contributed by atoms with van der Waals surface area (Å²) < 4.78 is 0. The molecule has 0 aromatic heterocycles. The summed E-state index contributed by atoms with van der Waals surface area (Å²) in [7, 11) is 0. The molecule has 1 heteroatoms. The predicted molar refractivity (Wildman–Crippen MR) is 92.2 cm³/mol. The smallest absolute Gasteiger partial charge is 0.0689 e. The van der Waals surface area contributed by atoms with Crippen LogP contribution in [0.1, 0.15) is 116 Å². The van der Waals surface area contributed by atoms with E-state index in [0.717, 1.165) is 0 Å². The van der Waals surface area contributed by atoms with Gasteiger partial charge in [-0.1, -0.05) is 96.8 Å². The van der Waals surface area contributed by atoms with Crippen LogP contribution in [0.3, 0.4) is 0 Å². The molecule has 0 heterocycles. The van der Waals surface area contributed by atoms with Gasteiger partial charge in [0.1, 0.15) is 0 Å². The van der Waals surface area contributed by atoms with E-state index in [-0.39, 0.29) is 5.41 Å². The summed E-state index contributed by atoms with van der Waals surface area (Å²) >= 11 is 0. The molecule has 1 rings (SSSR count). The normalized spacial score (nSPS) is 18.1. The lowest BCUT2D eigenvalue weighted by Gasteiger charge is -2.24. The van der Waals surface area contributed by atoms with Crippen LogP contribution in [0.4, 0.5) is 0 Å². The third-order valence-electron chi connectivity index (χ3n) is 5.31. The third-order valence-corrected chi connectivity index (χ3v) is 5.31. The minimum Gasteiger partial charge on any atom is -0.198 e. The fraction of sp³-hybridized carbons (Fsp3) is 0.950. The summed E-state index contributed by atoms with van der Waals surface area (Å²) in [6.07, 6.45) is 22.7. The SMILES string of the molecule is CCCCCCCCCCCCC1(C#N)CCCCCC1. The van der Waals surface area contributed by atoms with Gasteiger partial charge in [0.05, 0.1) is 11.5 Å². The third kappa shape index (κ3) is 8.50. The maximum atomic E-state index is 9.56. The van der Waals surface area contributed by atoms with Crippen LogP contribution in [-0.4, -0.2) is 0 Å². The molecule has 0 radical (unpaired) electrons. The van der Waals surface area contributed by atoms with Crippen LogP contribution in [0.25, 0.3) is 0 Å². The highest BCUT2D eigenvalue weighted by atomic mass is 14.4. The van der Waals surface area contributed by atoms with Gasteiger partial charge in [0.2, 0.25) is 0 Å². The monoisotopic (exact) mass is 291 g/mol. The van der Waals surface area contributed by atoms with E-state index in [4.69, 9.17) is 0 Å². The van der Waals surface area contributed by atoms with Gasteiger partial charge in [0.25, 0.3) is 0 Å². The number of hydrogen-bond acceptors (Lipinski definition) is 1. The molecule has 1 nitrogen and oxygen atoms in total. The van der Waals surface area contributed by atoms with E-state index in [1.165, 1.54) is 109 Å². The Kier molecular flexibility index (Phi) is 10.7. The summed E-state index contributed by atoms with van der Waals surface area (Å²) in [4.78, 5) is 0. The van der Waals surface area contributed by atoms with Crippen LogP contribution in [0.5, 0.6) is 0 Å². The van der Waals surface area contributed by atoms with Crippen LogP contribution in [0.15, 0.2) is 0 Å². The molecule has 0 aliphatic heterocycles. The van der Waals surface area contributed by atoms with Gasteiger partial charge in [-0.25, -0.2) is 0 Å². The fourth-order valence-corrected chi connectivity index (χ4v) is 3.77. The first-order chi connectivity index (χ1) is 10.3. The van der Waals surface area contributed by atoms with E-state index >= 15 is 0 Å². The van der Waals surface area contributed by atoms with Crippen molar-refractivity contribution in [1.29, 1.82) is 5.26 Å². The fourth-order valence-electron chi connectivity index (χ4n) is 3.77. The van der Waals surface area contributed by atoms with E-state index in [2.05, 4.69) is 13.0 Å². The topological polar surface area (TPSA) is 23.8 Å². The van der Waals surface area contributed by atoms with Gasteiger partial charge in [-0.05, 0) is 19.3 Å². The minimum absolute atomic E-state index is 0.0522. The Morgan fingerprint density at radius 1 is 0.714 bits per heavy atom. The lowest BCUT2D eigenvalue weighted by atomic mass is 9.77. The Morgan fingerprint density at radius 2 is 1.19 bits per heavy atom. The molecule has 0 aromatic carbocycles. The Morgan fingerprint density at radius 3 is 1.67 bits per heavy atom. The van der Waals surface area contributed by atoms with Crippen LogP contribution < -0.4 is 0 Å². The molecule has 1 saturated carbocycles. The summed E-state index contributed by atoms with van der Waals surface area (Å²) in [6.45, 7) is 2.28. The quantitative estimate of drug-likeness (QED) is 0.292. The molecular formula is C20H37N. The Labute approximate surface area is 133 Å². The molecule has 21 heavy (non-hydrogen) atoms. The highest BCUT2D eigenvalue weighted by molar-refractivity contribution is 4.99. The van der Waals surface area contributed by atoms with E-state index < -0.39 is 0 Å². The zero-order chi connectivity index (χ0) is 15.2. The highest BCUT2D eigenvalue weighted by Crippen LogP contribution is 2.38. The van der Waals surface area contributed by atoms with E-state index in [1.54, 1.807) is 0 Å². The van der Waals surface area contributed by atoms with Crippen molar-refractivity contribution in [2.45, 2.75) is 116 Å². The molecule has 0 bridgehead atoms. The molecule has 0 unspecified atom stereocenters. The summed E-state index contributed by atoms with van der Waals surface area (Å²) in [5.41, 5.74) is 0.0522. The standard InChI is InChI=1S/C20H37N/c1-2-3-4-5-6-7-8-9-10-13-16-20(19-21)17-14-11-12-15-18-20/h2-18H2,1H3. The molecule has 0 N–H and O–H groups in total. The number of rotatable bonds is 11. The van der Waals surface area contributed by atoms with E-state index in [0.29, 0.717) is 0 Å². The van der Waals surface area contributed by atoms with E-state index in [9.17, 15) is 5.26 Å². The molecular weight excluding hydrogens is 254 g/mol. The highest BCUT2D eigenvalue weighted by Gasteiger charge is 2.29. The zero-order valence-electron chi connectivity index (χ0n) is 14.5. The molecule has 1 aliphatic carbocycles. The lowest BCUT2D eigenvalue weighted by molar-refractivity contribution is 0.301. The minimum atomic E-state index is 0.0522. The largest absolute Gasteiger partial charge is 0.198 e. The van der Waals surface area contributed by atoms with E-state index in [1.807, 2.05) is 0 Å². The van der Waals surface area contributed by atoms with Crippen LogP contribution in [0, 0.1) is 16.7 Å². The second-order valence-electron chi connectivity index (χ2n) is 7.24. The van der Waals surface area contributed by atoms with Crippen LogP contribution in [0.2, 0.25) is 0 Å². The molecule has 0 aromatic rings. The maximum absolute atomic E-state index is 9.56. The van der Waals surface area contributed by atoms with Crippen molar-refractivity contribution in [3.8, 4) is 6.07 Å². The molecule has 1 aliphatic rings. The number of hydrogen-bond donors (Lipinski definition) is 0. The average molecular weight is 292 g/mol. The van der Waals surface area contributed by atoms with Gasteiger partial charge in [-0.3, -0.25) is 0 Å². The first-order valence-electron chi connectivity index (χ1n) is 9.74. The molecule has 122 valence electrons. The van der Waals surface area contributed by atoms with Gasteiger partial charge >= 0.3 is 0 Å². The number of unbranched alkanes of at least 4 members (excludes halogenated alkanes) is 9. The lowest BCUT2D eigenvalue weighted by Crippen LogP contribution is -2.17. The van der Waals surface area contributed by atoms with Crippen molar-refractivity contribution in [2.75, 3.05) is 0 Å². The van der Waals surface area contributed by atoms with Gasteiger partial charge in [0.15, 0.2) is 0 Å². The van der Waals surface area contributed by atoms with Crippen molar-refractivity contribution >= 4 is 0 Å². The molecule has 0 atom stereocenters. The Hall–Kier alpha value is -0.510. The summed E-state index contributed by atoms with van der Waals surface area (Å²) in [5, 5.41) is 9.56. The van der Waals surface area contributed by atoms with Crippen LogP contribution in [-0.2, 0) is 0 Å². The Balaban J connectivity index is 1.98. The first kappa shape index (κ1) is 18.5. The van der Waals surface area contributed by atoms with Gasteiger partial charge < -0.3 is 0 Å². The Bertz CT molecular complexity index is 268. The molecule has 0 saturated heterocycles. The van der Waals surface area contributed by atoms with Crippen LogP contribution >= 0.6 is 0 Å². The van der Waals surface area contributed by atoms with Crippen molar-refractivity contribution < 1.29 is 0 Å². The van der Waals surface area contributed by atoms with Gasteiger partial charge in [0, 0.05) is 0 Å². The molecule has 0 spiro atoms. The maximum Gasteiger partial charge on any atom is 0.0689 e. The zero-order valence-corrected chi connectivity index (χ0v) is 14.5. The first-order valence-corrected chi connectivity index (χ1v) is 9.74. The number of nitriles is 1. The predicted octanol–water partition coefficient (Wildman–Crippen LogP) is 7.16. The van der Waals surface area contributed by atoms with Crippen molar-refractivity contribution in [1.82, 2.24) is 0 Å². The average Bonchev–Trinajstić information content (AvgIpc) is 2.75. The second-order valence-corrected chi connectivity index (χ2v) is 7.24. The van der Waals surface area contributed by atoms with Crippen molar-refractivity contribution in [3.63, 3.8) is 0 Å². The van der Waals surface area contributed by atoms with Crippen molar-refractivity contribution in [2.24, 2.45) is 5.41 Å². The van der Waals surface area contributed by atoms with Gasteiger partial charge in [-0.15, -0.1) is 0 Å². The molecule has 0 amide bonds. The number of nitrogens with zero attached hydrogens (tertiary/aromatic N) is 1. The van der Waals surface area contributed by atoms with Crippen molar-refractivity contribution in [3.05, 3.63) is 0 Å². The summed E-state index contributed by atoms with van der Waals surface area (Å²) in [6, 6.07) is 2.69.